The lowest BCUT2D eigenvalue weighted by Crippen LogP contribution is -2.29. The topological polar surface area (TPSA) is 59.8 Å². The van der Waals surface area contributed by atoms with Crippen LogP contribution in [0.2, 0.25) is 0 Å². The predicted molar refractivity (Wildman–Crippen MR) is 123 cm³/mol. The van der Waals surface area contributed by atoms with Crippen LogP contribution in [0.3, 0.4) is 0 Å². The van der Waals surface area contributed by atoms with E-state index in [1.807, 2.05) is 95.6 Å². The first-order chi connectivity index (χ1) is 15.3. The second-order valence-electron chi connectivity index (χ2n) is 7.53. The van der Waals surface area contributed by atoms with Gasteiger partial charge in [0, 0.05) is 17.3 Å². The second kappa shape index (κ2) is 8.78. The van der Waals surface area contributed by atoms with E-state index in [2.05, 4.69) is 15.5 Å². The Labute approximate surface area is 185 Å². The third kappa shape index (κ3) is 4.39. The summed E-state index contributed by atoms with van der Waals surface area (Å²) in [6.07, 6.45) is 2.10. The minimum Gasteiger partial charge on any atom is -0.352 e. The molecule has 0 saturated heterocycles. The van der Waals surface area contributed by atoms with Gasteiger partial charge in [0.15, 0.2) is 11.0 Å². The number of thioether (sulfide) groups is 1. The van der Waals surface area contributed by atoms with E-state index < -0.39 is 5.25 Å². The van der Waals surface area contributed by atoms with Crippen molar-refractivity contribution in [3.8, 4) is 17.1 Å². The molecule has 1 aliphatic rings. The molecule has 1 amide bonds. The number of amides is 1. The molecule has 0 unspecified atom stereocenters. The minimum atomic E-state index is -0.405. The molecular weight excluding hydrogens is 404 g/mol. The third-order valence-corrected chi connectivity index (χ3v) is 6.36. The standard InChI is InChI=1S/C25H22N4OS/c30-24(26-20-16-17-20)22(18-10-4-1-5-11-18)31-25-28-27-23(19-12-6-2-7-13-19)29(25)21-14-8-3-9-15-21/h1-15,20,22H,16-17H2,(H,26,30)/t22-/m1/s1. The van der Waals surface area contributed by atoms with Gasteiger partial charge in [0.1, 0.15) is 5.25 Å². The Hall–Kier alpha value is -3.38. The highest BCUT2D eigenvalue weighted by Crippen LogP contribution is 2.38. The van der Waals surface area contributed by atoms with Crippen LogP contribution in [0, 0.1) is 0 Å². The quantitative estimate of drug-likeness (QED) is 0.420. The van der Waals surface area contributed by atoms with Crippen molar-refractivity contribution in [3.63, 3.8) is 0 Å². The maximum atomic E-state index is 13.1. The van der Waals surface area contributed by atoms with Crippen LogP contribution in [0.25, 0.3) is 17.1 Å². The van der Waals surface area contributed by atoms with Gasteiger partial charge in [0.2, 0.25) is 5.91 Å². The zero-order valence-corrected chi connectivity index (χ0v) is 17.7. The number of carbonyl (C=O) groups is 1. The highest BCUT2D eigenvalue weighted by Gasteiger charge is 2.31. The lowest BCUT2D eigenvalue weighted by atomic mass is 10.1. The molecule has 5 nitrogen and oxygen atoms in total. The van der Waals surface area contributed by atoms with Gasteiger partial charge in [-0.25, -0.2) is 0 Å². The monoisotopic (exact) mass is 426 g/mol. The van der Waals surface area contributed by atoms with Crippen LogP contribution in [0.1, 0.15) is 23.7 Å². The number of hydrogen-bond donors (Lipinski definition) is 1. The molecule has 31 heavy (non-hydrogen) atoms. The lowest BCUT2D eigenvalue weighted by Gasteiger charge is -2.17. The first kappa shape index (κ1) is 19.6. The number of nitrogens with one attached hydrogen (secondary N) is 1. The van der Waals surface area contributed by atoms with Crippen molar-refractivity contribution in [1.82, 2.24) is 20.1 Å². The fraction of sp³-hybridized carbons (Fsp3) is 0.160. The van der Waals surface area contributed by atoms with Gasteiger partial charge in [-0.05, 0) is 30.5 Å². The number of carbonyl (C=O) groups excluding carboxylic acids is 1. The fourth-order valence-corrected chi connectivity index (χ4v) is 4.51. The Kier molecular flexibility index (Phi) is 5.54. The average molecular weight is 427 g/mol. The molecule has 0 aliphatic heterocycles. The molecule has 5 rings (SSSR count). The molecule has 154 valence electrons. The lowest BCUT2D eigenvalue weighted by molar-refractivity contribution is -0.120. The molecule has 1 atom stereocenters. The van der Waals surface area contributed by atoms with Crippen LogP contribution in [0.15, 0.2) is 96.2 Å². The summed E-state index contributed by atoms with van der Waals surface area (Å²) in [6, 6.07) is 30.2. The van der Waals surface area contributed by atoms with Gasteiger partial charge in [0.05, 0.1) is 0 Å². The summed E-state index contributed by atoms with van der Waals surface area (Å²) in [5.41, 5.74) is 2.89. The largest absolute Gasteiger partial charge is 0.352 e. The Morgan fingerprint density at radius 2 is 1.48 bits per heavy atom. The molecular formula is C25H22N4OS. The van der Waals surface area contributed by atoms with Crippen LogP contribution in [-0.2, 0) is 4.79 Å². The molecule has 1 saturated carbocycles. The number of para-hydroxylation sites is 1. The van der Waals surface area contributed by atoms with Gasteiger partial charge in [-0.15, -0.1) is 10.2 Å². The van der Waals surface area contributed by atoms with Gasteiger partial charge in [0.25, 0.3) is 0 Å². The maximum Gasteiger partial charge on any atom is 0.238 e. The minimum absolute atomic E-state index is 0.0163. The average Bonchev–Trinajstić information content (AvgIpc) is 3.54. The molecule has 1 aromatic heterocycles. The molecule has 1 N–H and O–H groups in total. The van der Waals surface area contributed by atoms with Crippen molar-refractivity contribution in [3.05, 3.63) is 96.6 Å². The molecule has 0 bridgehead atoms. The van der Waals surface area contributed by atoms with Crippen molar-refractivity contribution < 1.29 is 4.79 Å². The SMILES string of the molecule is O=C(NC1CC1)[C@H](Sc1nnc(-c2ccccc2)n1-c1ccccc1)c1ccccc1. The molecule has 0 radical (unpaired) electrons. The van der Waals surface area contributed by atoms with Crippen molar-refractivity contribution in [2.75, 3.05) is 0 Å². The number of benzene rings is 3. The van der Waals surface area contributed by atoms with Crippen LogP contribution in [-0.4, -0.2) is 26.7 Å². The van der Waals surface area contributed by atoms with Crippen molar-refractivity contribution >= 4 is 17.7 Å². The summed E-state index contributed by atoms with van der Waals surface area (Å²) < 4.78 is 2.03. The summed E-state index contributed by atoms with van der Waals surface area (Å²) in [5, 5.41) is 12.4. The normalized spacial score (nSPS) is 14.2. The van der Waals surface area contributed by atoms with E-state index in [9.17, 15) is 4.79 Å². The summed E-state index contributed by atoms with van der Waals surface area (Å²) in [5.74, 6) is 0.770. The zero-order valence-electron chi connectivity index (χ0n) is 16.9. The maximum absolute atomic E-state index is 13.1. The Morgan fingerprint density at radius 3 is 2.13 bits per heavy atom. The van der Waals surface area contributed by atoms with Crippen LogP contribution < -0.4 is 5.32 Å². The van der Waals surface area contributed by atoms with E-state index in [-0.39, 0.29) is 5.91 Å². The van der Waals surface area contributed by atoms with Crippen LogP contribution >= 0.6 is 11.8 Å². The summed E-state index contributed by atoms with van der Waals surface area (Å²) in [6.45, 7) is 0. The molecule has 4 aromatic rings. The number of aromatic nitrogens is 3. The summed E-state index contributed by atoms with van der Waals surface area (Å²) in [7, 11) is 0. The number of rotatable bonds is 7. The zero-order chi connectivity index (χ0) is 21.0. The van der Waals surface area contributed by atoms with Gasteiger partial charge in [-0.1, -0.05) is 90.6 Å². The molecule has 1 aliphatic carbocycles. The van der Waals surface area contributed by atoms with E-state index in [0.29, 0.717) is 11.2 Å². The predicted octanol–water partition coefficient (Wildman–Crippen LogP) is 5.05. The number of hydrogen-bond acceptors (Lipinski definition) is 4. The highest BCUT2D eigenvalue weighted by atomic mass is 32.2. The molecule has 1 fully saturated rings. The van der Waals surface area contributed by atoms with E-state index in [4.69, 9.17) is 0 Å². The molecule has 1 heterocycles. The molecule has 0 spiro atoms. The van der Waals surface area contributed by atoms with Crippen molar-refractivity contribution in [2.24, 2.45) is 0 Å². The third-order valence-electron chi connectivity index (χ3n) is 5.17. The molecule has 6 heteroatoms. The first-order valence-corrected chi connectivity index (χ1v) is 11.3. The second-order valence-corrected chi connectivity index (χ2v) is 8.61. The summed E-state index contributed by atoms with van der Waals surface area (Å²) >= 11 is 1.43. The molecule has 3 aromatic carbocycles. The summed E-state index contributed by atoms with van der Waals surface area (Å²) in [4.78, 5) is 13.1. The van der Waals surface area contributed by atoms with E-state index in [1.54, 1.807) is 0 Å². The van der Waals surface area contributed by atoms with E-state index >= 15 is 0 Å². The Bertz CT molecular complexity index is 1160. The smallest absolute Gasteiger partial charge is 0.238 e. The van der Waals surface area contributed by atoms with Crippen molar-refractivity contribution in [2.45, 2.75) is 29.3 Å². The van der Waals surface area contributed by atoms with Gasteiger partial charge in [-0.2, -0.15) is 0 Å². The first-order valence-electron chi connectivity index (χ1n) is 10.4. The Balaban J connectivity index is 1.57. The van der Waals surface area contributed by atoms with E-state index in [1.165, 1.54) is 11.8 Å². The van der Waals surface area contributed by atoms with Gasteiger partial charge < -0.3 is 5.32 Å². The van der Waals surface area contributed by atoms with Crippen LogP contribution in [0.4, 0.5) is 0 Å². The Morgan fingerprint density at radius 1 is 0.871 bits per heavy atom. The fourth-order valence-electron chi connectivity index (χ4n) is 3.44. The van der Waals surface area contributed by atoms with Crippen LogP contribution in [0.5, 0.6) is 0 Å². The van der Waals surface area contributed by atoms with Crippen molar-refractivity contribution in [1.29, 1.82) is 0 Å². The van der Waals surface area contributed by atoms with Gasteiger partial charge in [-0.3, -0.25) is 9.36 Å². The van der Waals surface area contributed by atoms with E-state index in [0.717, 1.165) is 35.5 Å². The number of nitrogens with zero attached hydrogens (tertiary/aromatic N) is 3. The highest BCUT2D eigenvalue weighted by molar-refractivity contribution is 8.00. The van der Waals surface area contributed by atoms with Gasteiger partial charge >= 0.3 is 0 Å².